The Bertz CT molecular complexity index is 644. The molecular weight excluding hydrogens is 252 g/mol. The molecule has 0 heterocycles. The van der Waals surface area contributed by atoms with E-state index < -0.39 is 0 Å². The molecule has 0 bridgehead atoms. The van der Waals surface area contributed by atoms with Gasteiger partial charge in [0.25, 0.3) is 0 Å². The van der Waals surface area contributed by atoms with Crippen molar-refractivity contribution in [3.05, 3.63) is 54.3 Å². The second-order valence-electron chi connectivity index (χ2n) is 4.60. The molecule has 0 fully saturated rings. The first-order chi connectivity index (χ1) is 9.61. The van der Waals surface area contributed by atoms with Crippen molar-refractivity contribution in [2.24, 2.45) is 0 Å². The van der Waals surface area contributed by atoms with Gasteiger partial charge >= 0.3 is 5.97 Å². The van der Waals surface area contributed by atoms with Crippen LogP contribution in [0.1, 0.15) is 18.9 Å². The fraction of sp³-hybridized carbons (Fsp3) is 0.235. The molecule has 0 saturated heterocycles. The third-order valence-corrected chi connectivity index (χ3v) is 3.16. The third kappa shape index (κ3) is 3.18. The number of allylic oxidation sites excluding steroid dienone is 1. The van der Waals surface area contributed by atoms with Gasteiger partial charge in [-0.3, -0.25) is 4.79 Å². The maximum atomic E-state index is 10.9. The summed E-state index contributed by atoms with van der Waals surface area (Å²) in [7, 11) is 1.66. The van der Waals surface area contributed by atoms with E-state index in [1.54, 1.807) is 7.11 Å². The van der Waals surface area contributed by atoms with Gasteiger partial charge in [0, 0.05) is 18.9 Å². The SMILES string of the molecule is C=C(CCc1c(OC)ccc2ccccc12)OC(C)=O. The van der Waals surface area contributed by atoms with Crippen LogP contribution in [0.3, 0.4) is 0 Å². The topological polar surface area (TPSA) is 35.5 Å². The van der Waals surface area contributed by atoms with Crippen LogP contribution in [0.5, 0.6) is 5.75 Å². The Kier molecular flexibility index (Phi) is 4.41. The largest absolute Gasteiger partial charge is 0.496 e. The van der Waals surface area contributed by atoms with E-state index in [0.29, 0.717) is 12.2 Å². The van der Waals surface area contributed by atoms with Gasteiger partial charge in [0.1, 0.15) is 11.5 Å². The van der Waals surface area contributed by atoms with E-state index in [1.807, 2.05) is 24.3 Å². The van der Waals surface area contributed by atoms with Gasteiger partial charge in [-0.25, -0.2) is 0 Å². The van der Waals surface area contributed by atoms with Crippen LogP contribution >= 0.6 is 0 Å². The second kappa shape index (κ2) is 6.24. The van der Waals surface area contributed by atoms with Crippen LogP contribution < -0.4 is 4.74 Å². The molecule has 0 aliphatic rings. The second-order valence-corrected chi connectivity index (χ2v) is 4.60. The predicted molar refractivity (Wildman–Crippen MR) is 79.7 cm³/mol. The molecule has 0 aliphatic carbocycles. The number of fused-ring (bicyclic) bond motifs is 1. The molecule has 0 saturated carbocycles. The minimum Gasteiger partial charge on any atom is -0.496 e. The average molecular weight is 270 g/mol. The van der Waals surface area contributed by atoms with Crippen molar-refractivity contribution >= 4 is 16.7 Å². The van der Waals surface area contributed by atoms with Crippen LogP contribution in [-0.2, 0) is 16.0 Å². The highest BCUT2D eigenvalue weighted by Crippen LogP contribution is 2.29. The normalized spacial score (nSPS) is 10.3. The van der Waals surface area contributed by atoms with Crippen molar-refractivity contribution < 1.29 is 14.3 Å². The first-order valence-electron chi connectivity index (χ1n) is 6.52. The highest BCUT2D eigenvalue weighted by Gasteiger charge is 2.09. The summed E-state index contributed by atoms with van der Waals surface area (Å²) in [6.07, 6.45) is 1.31. The fourth-order valence-corrected chi connectivity index (χ4v) is 2.28. The molecule has 0 aromatic heterocycles. The molecule has 0 N–H and O–H groups in total. The molecular formula is C17H18O3. The van der Waals surface area contributed by atoms with Crippen LogP contribution in [0.25, 0.3) is 10.8 Å². The smallest absolute Gasteiger partial charge is 0.307 e. The molecule has 3 nitrogen and oxygen atoms in total. The van der Waals surface area contributed by atoms with Crippen molar-refractivity contribution in [3.63, 3.8) is 0 Å². The lowest BCUT2D eigenvalue weighted by atomic mass is 9.99. The summed E-state index contributed by atoms with van der Waals surface area (Å²) in [5.74, 6) is 0.992. The summed E-state index contributed by atoms with van der Waals surface area (Å²) >= 11 is 0. The van der Waals surface area contributed by atoms with Gasteiger partial charge in [0.2, 0.25) is 0 Å². The number of carbonyl (C=O) groups excluding carboxylic acids is 1. The van der Waals surface area contributed by atoms with Gasteiger partial charge in [-0.2, -0.15) is 0 Å². The number of esters is 1. The lowest BCUT2D eigenvalue weighted by molar-refractivity contribution is -0.137. The Morgan fingerprint density at radius 1 is 1.20 bits per heavy atom. The molecule has 20 heavy (non-hydrogen) atoms. The molecule has 0 unspecified atom stereocenters. The highest BCUT2D eigenvalue weighted by atomic mass is 16.5. The quantitative estimate of drug-likeness (QED) is 0.611. The van der Waals surface area contributed by atoms with Gasteiger partial charge in [0.15, 0.2) is 0 Å². The molecule has 2 aromatic carbocycles. The van der Waals surface area contributed by atoms with Crippen molar-refractivity contribution in [2.45, 2.75) is 19.8 Å². The maximum absolute atomic E-state index is 10.9. The first-order valence-corrected chi connectivity index (χ1v) is 6.52. The molecule has 0 aliphatic heterocycles. The zero-order chi connectivity index (χ0) is 14.5. The van der Waals surface area contributed by atoms with E-state index in [0.717, 1.165) is 23.1 Å². The Morgan fingerprint density at radius 3 is 2.65 bits per heavy atom. The van der Waals surface area contributed by atoms with Crippen LogP contribution in [0.4, 0.5) is 0 Å². The van der Waals surface area contributed by atoms with Crippen LogP contribution in [-0.4, -0.2) is 13.1 Å². The van der Waals surface area contributed by atoms with Crippen molar-refractivity contribution in [1.29, 1.82) is 0 Å². The zero-order valence-corrected chi connectivity index (χ0v) is 11.8. The van der Waals surface area contributed by atoms with Crippen LogP contribution in [0.15, 0.2) is 48.7 Å². The monoisotopic (exact) mass is 270 g/mol. The molecule has 2 aromatic rings. The Hall–Kier alpha value is -2.29. The fourth-order valence-electron chi connectivity index (χ4n) is 2.28. The number of hydrogen-bond acceptors (Lipinski definition) is 3. The predicted octanol–water partition coefficient (Wildman–Crippen LogP) is 3.86. The zero-order valence-electron chi connectivity index (χ0n) is 11.8. The number of hydrogen-bond donors (Lipinski definition) is 0. The minimum absolute atomic E-state index is 0.333. The Labute approximate surface area is 118 Å². The van der Waals surface area contributed by atoms with E-state index in [9.17, 15) is 4.79 Å². The van der Waals surface area contributed by atoms with E-state index in [2.05, 4.69) is 18.7 Å². The van der Waals surface area contributed by atoms with E-state index >= 15 is 0 Å². The third-order valence-electron chi connectivity index (χ3n) is 3.16. The van der Waals surface area contributed by atoms with Gasteiger partial charge < -0.3 is 9.47 Å². The number of methoxy groups -OCH3 is 1. The molecule has 0 radical (unpaired) electrons. The lowest BCUT2D eigenvalue weighted by Gasteiger charge is -2.12. The van der Waals surface area contributed by atoms with Gasteiger partial charge in [-0.15, -0.1) is 0 Å². The van der Waals surface area contributed by atoms with Crippen molar-refractivity contribution in [3.8, 4) is 5.75 Å². The number of rotatable bonds is 5. The van der Waals surface area contributed by atoms with Gasteiger partial charge in [-0.1, -0.05) is 36.9 Å². The van der Waals surface area contributed by atoms with Gasteiger partial charge in [-0.05, 0) is 23.3 Å². The van der Waals surface area contributed by atoms with E-state index in [4.69, 9.17) is 9.47 Å². The van der Waals surface area contributed by atoms with Gasteiger partial charge in [0.05, 0.1) is 7.11 Å². The highest BCUT2D eigenvalue weighted by molar-refractivity contribution is 5.87. The van der Waals surface area contributed by atoms with Crippen molar-refractivity contribution in [2.75, 3.05) is 7.11 Å². The molecule has 3 heteroatoms. The number of ether oxygens (including phenoxy) is 2. The van der Waals surface area contributed by atoms with Crippen molar-refractivity contribution in [1.82, 2.24) is 0 Å². The molecule has 0 amide bonds. The molecule has 0 spiro atoms. The summed E-state index contributed by atoms with van der Waals surface area (Å²) in [6, 6.07) is 12.2. The molecule has 0 atom stereocenters. The number of aryl methyl sites for hydroxylation is 1. The summed E-state index contributed by atoms with van der Waals surface area (Å²) in [5.41, 5.74) is 1.11. The summed E-state index contributed by atoms with van der Waals surface area (Å²) in [6.45, 7) is 5.14. The number of benzene rings is 2. The lowest BCUT2D eigenvalue weighted by Crippen LogP contribution is -2.00. The summed E-state index contributed by atoms with van der Waals surface area (Å²) < 4.78 is 10.4. The first kappa shape index (κ1) is 14.1. The Morgan fingerprint density at radius 2 is 1.95 bits per heavy atom. The maximum Gasteiger partial charge on any atom is 0.307 e. The minimum atomic E-state index is -0.333. The summed E-state index contributed by atoms with van der Waals surface area (Å²) in [4.78, 5) is 10.9. The van der Waals surface area contributed by atoms with E-state index in [-0.39, 0.29) is 5.97 Å². The molecule has 2 rings (SSSR count). The van der Waals surface area contributed by atoms with Crippen LogP contribution in [0.2, 0.25) is 0 Å². The number of carbonyl (C=O) groups is 1. The van der Waals surface area contributed by atoms with Crippen LogP contribution in [0, 0.1) is 0 Å². The average Bonchev–Trinajstić information content (AvgIpc) is 2.43. The Balaban J connectivity index is 2.27. The standard InChI is InChI=1S/C17H18O3/c1-12(20-13(2)18)8-10-16-15-7-5-4-6-14(15)9-11-17(16)19-3/h4-7,9,11H,1,8,10H2,2-3H3. The van der Waals surface area contributed by atoms with E-state index in [1.165, 1.54) is 12.3 Å². The summed E-state index contributed by atoms with van der Waals surface area (Å²) in [5, 5.41) is 2.32. The molecule has 104 valence electrons.